The molecular formula is C25H27FNNaO4. The molecule has 0 unspecified atom stereocenters. The minimum Gasteiger partial charge on any atom is -0.550 e. The van der Waals surface area contributed by atoms with E-state index < -0.39 is 24.6 Å². The molecule has 0 aliphatic carbocycles. The van der Waals surface area contributed by atoms with E-state index >= 15 is 0 Å². The maximum atomic E-state index is 13.6. The SMILES string of the molecule is Cc1cccc2c1c(-c1ccc(F)cc1)c(/C=C/[C@@H](O)C[C@@H](O)CC(=O)[O-])n2C(C)C.[Na+]. The predicted octanol–water partition coefficient (Wildman–Crippen LogP) is 0.606. The summed E-state index contributed by atoms with van der Waals surface area (Å²) in [6, 6.07) is 12.5. The average Bonchev–Trinajstić information content (AvgIpc) is 3.02. The van der Waals surface area contributed by atoms with Gasteiger partial charge in [0.2, 0.25) is 0 Å². The van der Waals surface area contributed by atoms with Crippen LogP contribution in [0, 0.1) is 12.7 Å². The van der Waals surface area contributed by atoms with Crippen molar-refractivity contribution >= 4 is 22.9 Å². The zero-order valence-electron chi connectivity index (χ0n) is 18.9. The number of benzene rings is 2. The Bertz CT molecular complexity index is 1110. The summed E-state index contributed by atoms with van der Waals surface area (Å²) < 4.78 is 15.7. The van der Waals surface area contributed by atoms with E-state index in [4.69, 9.17) is 0 Å². The fourth-order valence-electron chi connectivity index (χ4n) is 4.02. The summed E-state index contributed by atoms with van der Waals surface area (Å²) in [7, 11) is 0. The average molecular weight is 447 g/mol. The Kier molecular flexibility index (Phi) is 9.25. The number of aryl methyl sites for hydroxylation is 1. The predicted molar refractivity (Wildman–Crippen MR) is 118 cm³/mol. The van der Waals surface area contributed by atoms with E-state index in [-0.39, 0.29) is 47.8 Å². The van der Waals surface area contributed by atoms with Gasteiger partial charge in [0, 0.05) is 47.0 Å². The van der Waals surface area contributed by atoms with Gasteiger partial charge in [-0.2, -0.15) is 0 Å². The van der Waals surface area contributed by atoms with Crippen molar-refractivity contribution in [3.8, 4) is 11.1 Å². The number of nitrogens with zero attached hydrogens (tertiary/aromatic N) is 1. The molecule has 1 aromatic heterocycles. The maximum Gasteiger partial charge on any atom is 1.00 e. The van der Waals surface area contributed by atoms with Gasteiger partial charge in [-0.15, -0.1) is 0 Å². The fourth-order valence-corrected chi connectivity index (χ4v) is 4.02. The summed E-state index contributed by atoms with van der Waals surface area (Å²) in [5, 5.41) is 31.8. The van der Waals surface area contributed by atoms with Crippen LogP contribution in [-0.4, -0.2) is 33.0 Å². The van der Waals surface area contributed by atoms with Crippen LogP contribution in [0.2, 0.25) is 0 Å². The third kappa shape index (κ3) is 5.88. The number of hydrogen-bond acceptors (Lipinski definition) is 4. The van der Waals surface area contributed by atoms with Crippen LogP contribution in [-0.2, 0) is 4.79 Å². The molecule has 0 amide bonds. The number of carboxylic acids is 1. The van der Waals surface area contributed by atoms with E-state index in [9.17, 15) is 24.5 Å². The van der Waals surface area contributed by atoms with Crippen LogP contribution in [0.3, 0.4) is 0 Å². The molecule has 0 bridgehead atoms. The summed E-state index contributed by atoms with van der Waals surface area (Å²) in [4.78, 5) is 10.6. The van der Waals surface area contributed by atoms with E-state index in [1.807, 2.05) is 25.1 Å². The normalized spacial score (nSPS) is 13.5. The molecule has 0 saturated carbocycles. The van der Waals surface area contributed by atoms with Crippen molar-refractivity contribution in [2.45, 2.75) is 51.9 Å². The molecule has 3 aromatic rings. The molecule has 0 aliphatic rings. The zero-order valence-corrected chi connectivity index (χ0v) is 20.9. The molecule has 5 nitrogen and oxygen atoms in total. The summed E-state index contributed by atoms with van der Waals surface area (Å²) in [5.41, 5.74) is 4.74. The standard InChI is InChI=1S/C25H28FNO4.Na/c1-15(2)27-21-6-4-5-16(3)24(21)25(17-7-9-18(26)10-8-17)22(27)12-11-19(28)13-20(29)14-23(30)31;/h4-12,15,19-20,28-29H,13-14H2,1-3H3,(H,30,31);/q;+1/p-1/b12-11+;/t19-,20-;/m1./s1. The monoisotopic (exact) mass is 447 g/mol. The van der Waals surface area contributed by atoms with Crippen molar-refractivity contribution in [1.29, 1.82) is 0 Å². The third-order valence-electron chi connectivity index (χ3n) is 5.32. The van der Waals surface area contributed by atoms with Crippen LogP contribution in [0.1, 0.15) is 44.0 Å². The number of rotatable bonds is 8. The van der Waals surface area contributed by atoms with E-state index in [0.29, 0.717) is 0 Å². The van der Waals surface area contributed by atoms with E-state index in [1.165, 1.54) is 12.1 Å². The third-order valence-corrected chi connectivity index (χ3v) is 5.32. The number of aromatic nitrogens is 1. The van der Waals surface area contributed by atoms with Crippen LogP contribution in [0.5, 0.6) is 0 Å². The molecule has 2 atom stereocenters. The first kappa shape index (κ1) is 26.3. The number of carbonyl (C=O) groups excluding carboxylic acids is 1. The smallest absolute Gasteiger partial charge is 0.550 e. The number of aliphatic hydroxyl groups is 2. The number of aliphatic carboxylic acids is 1. The number of halogens is 1. The number of carboxylic acid groups (broad SMARTS) is 1. The Morgan fingerprint density at radius 1 is 1.16 bits per heavy atom. The van der Waals surface area contributed by atoms with Gasteiger partial charge in [0.05, 0.1) is 12.2 Å². The van der Waals surface area contributed by atoms with Crippen molar-refractivity contribution in [2.24, 2.45) is 0 Å². The molecule has 0 saturated heterocycles. The van der Waals surface area contributed by atoms with Crippen LogP contribution in [0.4, 0.5) is 4.39 Å². The Morgan fingerprint density at radius 3 is 2.41 bits per heavy atom. The van der Waals surface area contributed by atoms with Gasteiger partial charge in [-0.25, -0.2) is 4.39 Å². The molecule has 0 spiro atoms. The molecule has 0 aliphatic heterocycles. The van der Waals surface area contributed by atoms with Crippen LogP contribution < -0.4 is 34.7 Å². The van der Waals surface area contributed by atoms with E-state index in [1.54, 1.807) is 24.3 Å². The van der Waals surface area contributed by atoms with Crippen LogP contribution in [0.25, 0.3) is 28.1 Å². The summed E-state index contributed by atoms with van der Waals surface area (Å²) >= 11 is 0. The summed E-state index contributed by atoms with van der Waals surface area (Å²) in [6.45, 7) is 6.15. The molecule has 32 heavy (non-hydrogen) atoms. The van der Waals surface area contributed by atoms with Gasteiger partial charge in [-0.05, 0) is 56.2 Å². The van der Waals surface area contributed by atoms with Gasteiger partial charge in [0.15, 0.2) is 0 Å². The second-order valence-electron chi connectivity index (χ2n) is 8.09. The number of carbonyl (C=O) groups is 1. The molecular weight excluding hydrogens is 420 g/mol. The van der Waals surface area contributed by atoms with E-state index in [0.717, 1.165) is 33.3 Å². The van der Waals surface area contributed by atoms with Crippen LogP contribution >= 0.6 is 0 Å². The Labute approximate surface area is 209 Å². The van der Waals surface area contributed by atoms with Crippen molar-refractivity contribution < 1.29 is 54.1 Å². The van der Waals surface area contributed by atoms with Gasteiger partial charge in [-0.3, -0.25) is 0 Å². The minimum atomic E-state index is -1.36. The van der Waals surface area contributed by atoms with Crippen molar-refractivity contribution in [1.82, 2.24) is 4.57 Å². The maximum absolute atomic E-state index is 13.6. The zero-order chi connectivity index (χ0) is 22.7. The van der Waals surface area contributed by atoms with Gasteiger partial charge in [0.1, 0.15) is 5.82 Å². The van der Waals surface area contributed by atoms with Crippen molar-refractivity contribution in [3.05, 3.63) is 65.6 Å². The molecule has 3 rings (SSSR count). The molecule has 7 heteroatoms. The van der Waals surface area contributed by atoms with E-state index in [2.05, 4.69) is 18.4 Å². The number of aliphatic hydroxyl groups excluding tert-OH is 2. The fraction of sp³-hybridized carbons (Fsp3) is 0.320. The molecule has 164 valence electrons. The Hall–Kier alpha value is -1.96. The molecule has 1 heterocycles. The first-order valence-corrected chi connectivity index (χ1v) is 10.3. The largest absolute Gasteiger partial charge is 1.00 e. The molecule has 0 radical (unpaired) electrons. The van der Waals surface area contributed by atoms with Crippen LogP contribution in [0.15, 0.2) is 48.5 Å². The molecule has 2 N–H and O–H groups in total. The van der Waals surface area contributed by atoms with Crippen molar-refractivity contribution in [2.75, 3.05) is 0 Å². The van der Waals surface area contributed by atoms with Gasteiger partial charge < -0.3 is 24.7 Å². The Balaban J connectivity index is 0.00000363. The number of hydrogen-bond donors (Lipinski definition) is 2. The molecule has 0 fully saturated rings. The van der Waals surface area contributed by atoms with Crippen molar-refractivity contribution in [3.63, 3.8) is 0 Å². The second-order valence-corrected chi connectivity index (χ2v) is 8.09. The second kappa shape index (κ2) is 11.3. The number of fused-ring (bicyclic) bond motifs is 1. The topological polar surface area (TPSA) is 85.5 Å². The van der Waals surface area contributed by atoms with Gasteiger partial charge >= 0.3 is 29.6 Å². The first-order valence-electron chi connectivity index (χ1n) is 10.3. The summed E-state index contributed by atoms with van der Waals surface area (Å²) in [6.07, 6.45) is 0.464. The van der Waals surface area contributed by atoms with Gasteiger partial charge in [-0.1, -0.05) is 30.3 Å². The minimum absolute atomic E-state index is 0. The Morgan fingerprint density at radius 2 is 1.81 bits per heavy atom. The van der Waals surface area contributed by atoms with Gasteiger partial charge in [0.25, 0.3) is 0 Å². The summed E-state index contributed by atoms with van der Waals surface area (Å²) in [5.74, 6) is -1.68. The quantitative estimate of drug-likeness (QED) is 0.496. The first-order chi connectivity index (χ1) is 14.7. The molecule has 2 aromatic carbocycles.